The van der Waals surface area contributed by atoms with E-state index in [1.54, 1.807) is 0 Å². The molecule has 0 saturated carbocycles. The van der Waals surface area contributed by atoms with Crippen LogP contribution in [-0.4, -0.2) is 44.7 Å². The summed E-state index contributed by atoms with van der Waals surface area (Å²) in [6.45, 7) is -0.420. The molecule has 1 unspecified atom stereocenters. The monoisotopic (exact) mass is 247 g/mol. The normalized spacial score (nSPS) is 12.4. The van der Waals surface area contributed by atoms with Crippen LogP contribution in [0.1, 0.15) is 10.4 Å². The lowest BCUT2D eigenvalue weighted by Gasteiger charge is -2.07. The molecule has 0 amide bonds. The predicted molar refractivity (Wildman–Crippen MR) is 55.0 cm³/mol. The van der Waals surface area contributed by atoms with Gasteiger partial charge in [0.2, 0.25) is 0 Å². The van der Waals surface area contributed by atoms with Gasteiger partial charge in [-0.3, -0.25) is 0 Å². The number of thioether (sulfide) groups is 1. The molecule has 7 heteroatoms. The van der Waals surface area contributed by atoms with Crippen LogP contribution in [0.5, 0.6) is 0 Å². The Balaban J connectivity index is 2.82. The van der Waals surface area contributed by atoms with E-state index in [1.165, 1.54) is 0 Å². The third-order valence-electron chi connectivity index (χ3n) is 1.67. The lowest BCUT2D eigenvalue weighted by atomic mass is 10.3. The molecule has 1 heterocycles. The van der Waals surface area contributed by atoms with Crippen LogP contribution in [-0.2, 0) is 0 Å². The molecule has 88 valence electrons. The van der Waals surface area contributed by atoms with Crippen molar-refractivity contribution in [3.05, 3.63) is 23.6 Å². The van der Waals surface area contributed by atoms with E-state index in [4.69, 9.17) is 15.3 Å². The number of rotatable bonds is 5. The standard InChI is InChI=1S/C9H10FNO4S/c10-5-1-7(9(14)15)8(11-2-5)16-4-6(13)3-12/h1-2,6,12-13H,3-4H2,(H,14,15). The molecule has 0 aliphatic heterocycles. The first-order valence-corrected chi connectivity index (χ1v) is 5.33. The number of aromatic nitrogens is 1. The van der Waals surface area contributed by atoms with E-state index in [0.29, 0.717) is 0 Å². The summed E-state index contributed by atoms with van der Waals surface area (Å²) in [6, 6.07) is 0.864. The summed E-state index contributed by atoms with van der Waals surface area (Å²) in [5.41, 5.74) is -0.255. The Labute approximate surface area is 94.9 Å². The molecule has 0 aliphatic carbocycles. The fourth-order valence-corrected chi connectivity index (χ4v) is 1.81. The smallest absolute Gasteiger partial charge is 0.338 e. The van der Waals surface area contributed by atoms with E-state index >= 15 is 0 Å². The van der Waals surface area contributed by atoms with Gasteiger partial charge in [-0.25, -0.2) is 14.2 Å². The minimum atomic E-state index is -1.28. The highest BCUT2D eigenvalue weighted by atomic mass is 32.2. The number of halogens is 1. The van der Waals surface area contributed by atoms with Gasteiger partial charge >= 0.3 is 5.97 Å². The number of hydrogen-bond donors (Lipinski definition) is 3. The van der Waals surface area contributed by atoms with Crippen molar-refractivity contribution < 1.29 is 24.5 Å². The van der Waals surface area contributed by atoms with Crippen molar-refractivity contribution in [3.63, 3.8) is 0 Å². The van der Waals surface area contributed by atoms with E-state index in [9.17, 15) is 9.18 Å². The second-order valence-corrected chi connectivity index (χ2v) is 3.97. The number of aliphatic hydroxyl groups is 2. The van der Waals surface area contributed by atoms with Crippen molar-refractivity contribution in [3.8, 4) is 0 Å². The number of nitrogens with zero attached hydrogens (tertiary/aromatic N) is 1. The average molecular weight is 247 g/mol. The second-order valence-electron chi connectivity index (χ2n) is 2.96. The van der Waals surface area contributed by atoms with Crippen molar-refractivity contribution in [2.45, 2.75) is 11.1 Å². The second kappa shape index (κ2) is 5.78. The van der Waals surface area contributed by atoms with Gasteiger partial charge in [-0.2, -0.15) is 0 Å². The Kier molecular flexibility index (Phi) is 4.66. The van der Waals surface area contributed by atoms with Gasteiger partial charge in [0.05, 0.1) is 24.5 Å². The van der Waals surface area contributed by atoms with E-state index in [1.807, 2.05) is 0 Å². The molecule has 5 nitrogen and oxygen atoms in total. The first kappa shape index (κ1) is 12.9. The topological polar surface area (TPSA) is 90.7 Å². The lowest BCUT2D eigenvalue weighted by molar-refractivity contribution is 0.0691. The molecular weight excluding hydrogens is 237 g/mol. The minimum Gasteiger partial charge on any atom is -0.478 e. The maximum absolute atomic E-state index is 12.7. The summed E-state index contributed by atoms with van der Waals surface area (Å²) in [7, 11) is 0. The van der Waals surface area contributed by atoms with Crippen LogP contribution >= 0.6 is 11.8 Å². The van der Waals surface area contributed by atoms with Crippen LogP contribution in [0, 0.1) is 5.82 Å². The number of aromatic carboxylic acids is 1. The largest absolute Gasteiger partial charge is 0.478 e. The predicted octanol–water partition coefficient (Wildman–Crippen LogP) is 0.364. The summed E-state index contributed by atoms with van der Waals surface area (Å²) < 4.78 is 12.7. The number of aliphatic hydroxyl groups excluding tert-OH is 2. The van der Waals surface area contributed by atoms with Gasteiger partial charge in [0.15, 0.2) is 0 Å². The van der Waals surface area contributed by atoms with Gasteiger partial charge in [0.1, 0.15) is 10.8 Å². The lowest BCUT2D eigenvalue weighted by Crippen LogP contribution is -2.15. The fourth-order valence-electron chi connectivity index (χ4n) is 0.923. The summed E-state index contributed by atoms with van der Waals surface area (Å²) in [6.07, 6.45) is -0.0568. The third-order valence-corrected chi connectivity index (χ3v) is 2.82. The molecule has 16 heavy (non-hydrogen) atoms. The number of hydrogen-bond acceptors (Lipinski definition) is 5. The van der Waals surface area contributed by atoms with Crippen molar-refractivity contribution in [2.75, 3.05) is 12.4 Å². The maximum atomic E-state index is 12.7. The van der Waals surface area contributed by atoms with Crippen LogP contribution in [0.25, 0.3) is 0 Å². The summed E-state index contributed by atoms with van der Waals surface area (Å²) in [5, 5.41) is 26.6. The molecule has 0 radical (unpaired) electrons. The number of pyridine rings is 1. The Hall–Kier alpha value is -1.18. The number of carbonyl (C=O) groups is 1. The van der Waals surface area contributed by atoms with Crippen LogP contribution < -0.4 is 0 Å². The molecular formula is C9H10FNO4S. The Morgan fingerprint density at radius 1 is 1.62 bits per heavy atom. The molecule has 1 aromatic heterocycles. The third kappa shape index (κ3) is 3.44. The fraction of sp³-hybridized carbons (Fsp3) is 0.333. The zero-order valence-electron chi connectivity index (χ0n) is 8.13. The Morgan fingerprint density at radius 2 is 2.31 bits per heavy atom. The summed E-state index contributed by atoms with van der Waals surface area (Å²) in [4.78, 5) is 14.4. The molecule has 0 saturated heterocycles. The van der Waals surface area contributed by atoms with Crippen LogP contribution in [0.2, 0.25) is 0 Å². The van der Waals surface area contributed by atoms with Crippen LogP contribution in [0.3, 0.4) is 0 Å². The van der Waals surface area contributed by atoms with Gasteiger partial charge in [0.25, 0.3) is 0 Å². The first-order valence-electron chi connectivity index (χ1n) is 4.35. The van der Waals surface area contributed by atoms with Gasteiger partial charge in [-0.15, -0.1) is 11.8 Å². The summed E-state index contributed by atoms with van der Waals surface area (Å²) >= 11 is 0.948. The average Bonchev–Trinajstić information content (AvgIpc) is 2.26. The van der Waals surface area contributed by atoms with Crippen LogP contribution in [0.4, 0.5) is 4.39 Å². The van der Waals surface area contributed by atoms with E-state index in [2.05, 4.69) is 4.98 Å². The highest BCUT2D eigenvalue weighted by Gasteiger charge is 2.14. The van der Waals surface area contributed by atoms with Gasteiger partial charge < -0.3 is 15.3 Å². The van der Waals surface area contributed by atoms with Crippen LogP contribution in [0.15, 0.2) is 17.3 Å². The maximum Gasteiger partial charge on any atom is 0.338 e. The molecule has 0 fully saturated rings. The molecule has 0 bridgehead atoms. The van der Waals surface area contributed by atoms with E-state index in [-0.39, 0.29) is 16.3 Å². The van der Waals surface area contributed by atoms with Gasteiger partial charge in [0, 0.05) is 5.75 Å². The molecule has 1 atom stereocenters. The highest BCUT2D eigenvalue weighted by molar-refractivity contribution is 7.99. The van der Waals surface area contributed by atoms with Crippen molar-refractivity contribution in [1.29, 1.82) is 0 Å². The Bertz CT molecular complexity index is 388. The van der Waals surface area contributed by atoms with Crippen molar-refractivity contribution >= 4 is 17.7 Å². The van der Waals surface area contributed by atoms with Crippen molar-refractivity contribution in [1.82, 2.24) is 4.98 Å². The zero-order valence-corrected chi connectivity index (χ0v) is 8.95. The van der Waals surface area contributed by atoms with Gasteiger partial charge in [-0.1, -0.05) is 0 Å². The highest BCUT2D eigenvalue weighted by Crippen LogP contribution is 2.21. The molecule has 1 aromatic rings. The zero-order chi connectivity index (χ0) is 12.1. The quantitative estimate of drug-likeness (QED) is 0.651. The van der Waals surface area contributed by atoms with Gasteiger partial charge in [-0.05, 0) is 6.07 Å². The first-order chi connectivity index (χ1) is 7.54. The SMILES string of the molecule is O=C(O)c1cc(F)cnc1SCC(O)CO. The molecule has 3 N–H and O–H groups in total. The Morgan fingerprint density at radius 3 is 2.88 bits per heavy atom. The summed E-state index contributed by atoms with van der Waals surface area (Å²) in [5.74, 6) is -1.92. The van der Waals surface area contributed by atoms with E-state index in [0.717, 1.165) is 24.0 Å². The van der Waals surface area contributed by atoms with E-state index < -0.39 is 24.5 Å². The minimum absolute atomic E-state index is 0.0927. The molecule has 0 aliphatic rings. The molecule has 0 aromatic carbocycles. The van der Waals surface area contributed by atoms with Crippen molar-refractivity contribution in [2.24, 2.45) is 0 Å². The number of carboxylic acids is 1. The number of carboxylic acid groups (broad SMARTS) is 1. The molecule has 0 spiro atoms. The molecule has 1 rings (SSSR count).